The zero-order valence-corrected chi connectivity index (χ0v) is 18.9. The zero-order valence-electron chi connectivity index (χ0n) is 17.3. The quantitative estimate of drug-likeness (QED) is 0.581. The summed E-state index contributed by atoms with van der Waals surface area (Å²) in [5.41, 5.74) is 2.32. The van der Waals surface area contributed by atoms with E-state index in [0.29, 0.717) is 48.5 Å². The van der Waals surface area contributed by atoms with E-state index in [1.807, 2.05) is 48.2 Å². The molecule has 0 amide bonds. The van der Waals surface area contributed by atoms with Gasteiger partial charge in [-0.3, -0.25) is 0 Å². The van der Waals surface area contributed by atoms with E-state index in [-0.39, 0.29) is 4.90 Å². The van der Waals surface area contributed by atoms with Crippen LogP contribution in [0.1, 0.15) is 5.56 Å². The minimum absolute atomic E-state index is 0.281. The first-order valence-electron chi connectivity index (χ1n) is 9.88. The van der Waals surface area contributed by atoms with Gasteiger partial charge in [0.25, 0.3) is 0 Å². The van der Waals surface area contributed by atoms with Gasteiger partial charge in [-0.1, -0.05) is 29.8 Å². The molecule has 1 saturated heterocycles. The van der Waals surface area contributed by atoms with E-state index in [1.165, 1.54) is 4.31 Å². The van der Waals surface area contributed by atoms with E-state index >= 15 is 0 Å². The molecule has 162 valence electrons. The van der Waals surface area contributed by atoms with Gasteiger partial charge in [0, 0.05) is 31.7 Å². The SMILES string of the molecule is COc1ccc(S(=O)(=O)N2CCN(c3ccc(-c4ccccc4Cl)nn3)CC2)cc1C. The van der Waals surface area contributed by atoms with Gasteiger partial charge in [0.05, 0.1) is 22.7 Å². The summed E-state index contributed by atoms with van der Waals surface area (Å²) in [5, 5.41) is 9.26. The third kappa shape index (κ3) is 4.37. The van der Waals surface area contributed by atoms with E-state index in [4.69, 9.17) is 16.3 Å². The van der Waals surface area contributed by atoms with Gasteiger partial charge >= 0.3 is 0 Å². The molecule has 0 spiro atoms. The second-order valence-electron chi connectivity index (χ2n) is 7.28. The van der Waals surface area contributed by atoms with Crippen LogP contribution in [0.25, 0.3) is 11.3 Å². The standard InChI is InChI=1S/C22H23ClN4O3S/c1-16-15-17(7-9-21(16)30-2)31(28,29)27-13-11-26(12-14-27)22-10-8-20(24-25-22)18-5-3-4-6-19(18)23/h3-10,15H,11-14H2,1-2H3. The Bertz CT molecular complexity index is 1180. The third-order valence-corrected chi connectivity index (χ3v) is 7.59. The number of sulfonamides is 1. The van der Waals surface area contributed by atoms with Crippen LogP contribution in [-0.4, -0.2) is 56.2 Å². The summed E-state index contributed by atoms with van der Waals surface area (Å²) in [5.74, 6) is 1.38. The number of aryl methyl sites for hydroxylation is 1. The summed E-state index contributed by atoms with van der Waals surface area (Å²) < 4.78 is 32.8. The molecule has 4 rings (SSSR count). The van der Waals surface area contributed by atoms with Crippen LogP contribution in [0.15, 0.2) is 59.5 Å². The summed E-state index contributed by atoms with van der Waals surface area (Å²) in [6.45, 7) is 3.66. The molecule has 7 nitrogen and oxygen atoms in total. The van der Waals surface area contributed by atoms with E-state index in [2.05, 4.69) is 10.2 Å². The van der Waals surface area contributed by atoms with Crippen molar-refractivity contribution in [1.82, 2.24) is 14.5 Å². The second-order valence-corrected chi connectivity index (χ2v) is 9.62. The molecule has 1 aliphatic heterocycles. The van der Waals surface area contributed by atoms with Crippen molar-refractivity contribution in [2.45, 2.75) is 11.8 Å². The normalized spacial score (nSPS) is 15.1. The first kappa shape index (κ1) is 21.5. The second kappa shape index (κ2) is 8.82. The summed E-state index contributed by atoms with van der Waals surface area (Å²) in [4.78, 5) is 2.32. The fourth-order valence-corrected chi connectivity index (χ4v) is 5.36. The largest absolute Gasteiger partial charge is 0.496 e. The molecule has 0 atom stereocenters. The Labute approximate surface area is 187 Å². The Balaban J connectivity index is 1.45. The van der Waals surface area contributed by atoms with Gasteiger partial charge in [-0.25, -0.2) is 8.42 Å². The molecule has 1 aliphatic rings. The van der Waals surface area contributed by atoms with Crippen LogP contribution in [0.5, 0.6) is 5.75 Å². The van der Waals surface area contributed by atoms with E-state index in [9.17, 15) is 8.42 Å². The number of rotatable bonds is 5. The highest BCUT2D eigenvalue weighted by atomic mass is 35.5. The lowest BCUT2D eigenvalue weighted by Gasteiger charge is -2.34. The summed E-state index contributed by atoms with van der Waals surface area (Å²) in [6.07, 6.45) is 0. The molecular formula is C22H23ClN4O3S. The predicted octanol–water partition coefficient (Wildman–Crippen LogP) is 3.62. The van der Waals surface area contributed by atoms with Crippen LogP contribution in [0.3, 0.4) is 0 Å². The van der Waals surface area contributed by atoms with Crippen LogP contribution in [-0.2, 0) is 10.0 Å². The number of benzene rings is 2. The van der Waals surface area contributed by atoms with Crippen molar-refractivity contribution >= 4 is 27.4 Å². The number of piperazine rings is 1. The van der Waals surface area contributed by atoms with Gasteiger partial charge in [0.2, 0.25) is 10.0 Å². The lowest BCUT2D eigenvalue weighted by Crippen LogP contribution is -2.49. The predicted molar refractivity (Wildman–Crippen MR) is 121 cm³/mol. The van der Waals surface area contributed by atoms with Gasteiger partial charge in [-0.2, -0.15) is 4.31 Å². The molecule has 0 unspecified atom stereocenters. The fraction of sp³-hybridized carbons (Fsp3) is 0.273. The van der Waals surface area contributed by atoms with E-state index in [0.717, 1.165) is 11.1 Å². The van der Waals surface area contributed by atoms with Crippen molar-refractivity contribution in [3.8, 4) is 17.0 Å². The van der Waals surface area contributed by atoms with E-state index in [1.54, 1.807) is 25.3 Å². The van der Waals surface area contributed by atoms with E-state index < -0.39 is 10.0 Å². The molecule has 0 bridgehead atoms. The maximum atomic E-state index is 13.0. The molecule has 1 aromatic heterocycles. The molecular weight excluding hydrogens is 436 g/mol. The van der Waals surface area contributed by atoms with Gasteiger partial charge in [0.1, 0.15) is 5.75 Å². The van der Waals surface area contributed by atoms with Crippen molar-refractivity contribution in [3.05, 3.63) is 65.2 Å². The average molecular weight is 459 g/mol. The Morgan fingerprint density at radius 3 is 2.32 bits per heavy atom. The minimum atomic E-state index is -3.56. The fourth-order valence-electron chi connectivity index (χ4n) is 3.62. The average Bonchev–Trinajstić information content (AvgIpc) is 2.79. The number of methoxy groups -OCH3 is 1. The number of hydrogen-bond acceptors (Lipinski definition) is 6. The maximum Gasteiger partial charge on any atom is 0.243 e. The Kier molecular flexibility index (Phi) is 6.13. The minimum Gasteiger partial charge on any atom is -0.496 e. The van der Waals surface area contributed by atoms with Gasteiger partial charge in [0.15, 0.2) is 5.82 Å². The maximum absolute atomic E-state index is 13.0. The third-order valence-electron chi connectivity index (χ3n) is 5.37. The molecule has 3 aromatic rings. The smallest absolute Gasteiger partial charge is 0.243 e. The molecule has 0 radical (unpaired) electrons. The molecule has 0 aliphatic carbocycles. The molecule has 9 heteroatoms. The Morgan fingerprint density at radius 2 is 1.71 bits per heavy atom. The van der Waals surface area contributed by atoms with Crippen molar-refractivity contribution in [1.29, 1.82) is 0 Å². The highest BCUT2D eigenvalue weighted by Crippen LogP contribution is 2.27. The molecule has 31 heavy (non-hydrogen) atoms. The molecule has 0 N–H and O–H groups in total. The van der Waals surface area contributed by atoms with Gasteiger partial charge < -0.3 is 9.64 Å². The number of hydrogen-bond donors (Lipinski definition) is 0. The van der Waals surface area contributed by atoms with Crippen LogP contribution < -0.4 is 9.64 Å². The topological polar surface area (TPSA) is 75.6 Å². The monoisotopic (exact) mass is 458 g/mol. The van der Waals surface area contributed by atoms with Crippen LogP contribution in [0, 0.1) is 6.92 Å². The molecule has 2 heterocycles. The lowest BCUT2D eigenvalue weighted by atomic mass is 10.1. The zero-order chi connectivity index (χ0) is 22.0. The highest BCUT2D eigenvalue weighted by Gasteiger charge is 2.29. The molecule has 2 aromatic carbocycles. The summed E-state index contributed by atoms with van der Waals surface area (Å²) in [6, 6.07) is 16.2. The van der Waals surface area contributed by atoms with Crippen molar-refractivity contribution in [2.75, 3.05) is 38.2 Å². The Morgan fingerprint density at radius 1 is 0.968 bits per heavy atom. The van der Waals surface area contributed by atoms with Crippen LogP contribution in [0.2, 0.25) is 5.02 Å². The number of nitrogens with zero attached hydrogens (tertiary/aromatic N) is 4. The first-order chi connectivity index (χ1) is 14.9. The number of aromatic nitrogens is 2. The highest BCUT2D eigenvalue weighted by molar-refractivity contribution is 7.89. The number of ether oxygens (including phenoxy) is 1. The number of halogens is 1. The van der Waals surface area contributed by atoms with Gasteiger partial charge in [-0.05, 0) is 48.9 Å². The van der Waals surface area contributed by atoms with Gasteiger partial charge in [-0.15, -0.1) is 10.2 Å². The van der Waals surface area contributed by atoms with Crippen molar-refractivity contribution < 1.29 is 13.2 Å². The Hall–Kier alpha value is -2.68. The first-order valence-corrected chi connectivity index (χ1v) is 11.7. The molecule has 1 fully saturated rings. The van der Waals surface area contributed by atoms with Crippen molar-refractivity contribution in [3.63, 3.8) is 0 Å². The van der Waals surface area contributed by atoms with Crippen molar-refractivity contribution in [2.24, 2.45) is 0 Å². The summed E-state index contributed by atoms with van der Waals surface area (Å²) >= 11 is 6.24. The molecule has 0 saturated carbocycles. The summed E-state index contributed by atoms with van der Waals surface area (Å²) in [7, 11) is -1.99. The van der Waals surface area contributed by atoms with Crippen LogP contribution in [0.4, 0.5) is 5.82 Å². The van der Waals surface area contributed by atoms with Crippen LogP contribution >= 0.6 is 11.6 Å². The lowest BCUT2D eigenvalue weighted by molar-refractivity contribution is 0.383. The number of anilines is 1.